The van der Waals surface area contributed by atoms with Crippen LogP contribution in [0.3, 0.4) is 0 Å². The molecule has 0 aromatic carbocycles. The number of nitrogens with zero attached hydrogens (tertiary/aromatic N) is 1. The highest BCUT2D eigenvalue weighted by molar-refractivity contribution is 6.22. The Morgan fingerprint density at radius 1 is 1.69 bits per heavy atom. The fourth-order valence-electron chi connectivity index (χ4n) is 1.25. The summed E-state index contributed by atoms with van der Waals surface area (Å²) < 4.78 is 18.1. The number of aromatic nitrogens is 1. The molecule has 1 heterocycles. The average Bonchev–Trinajstić information content (AvgIpc) is 2.91. The Morgan fingerprint density at radius 3 is 2.94 bits per heavy atom. The van der Waals surface area contributed by atoms with E-state index in [0.717, 1.165) is 12.5 Å². The molecular formula is C10H9ClFNO3. The van der Waals surface area contributed by atoms with E-state index >= 15 is 0 Å². The van der Waals surface area contributed by atoms with E-state index in [0.29, 0.717) is 6.61 Å². The Hall–Kier alpha value is -1.36. The predicted octanol–water partition coefficient (Wildman–Crippen LogP) is 1.93. The maximum Gasteiger partial charge on any atom is 0.336 e. The molecule has 1 N–H and O–H groups in total. The number of halogens is 2. The third-order valence-electron chi connectivity index (χ3n) is 2.30. The topological polar surface area (TPSA) is 59.4 Å². The first-order chi connectivity index (χ1) is 7.56. The van der Waals surface area contributed by atoms with Crippen molar-refractivity contribution in [3.63, 3.8) is 0 Å². The van der Waals surface area contributed by atoms with Crippen molar-refractivity contribution in [3.8, 4) is 5.88 Å². The molecule has 0 aliphatic heterocycles. The first-order valence-corrected chi connectivity index (χ1v) is 5.17. The van der Waals surface area contributed by atoms with Gasteiger partial charge < -0.3 is 9.84 Å². The van der Waals surface area contributed by atoms with Gasteiger partial charge in [0.1, 0.15) is 0 Å². The molecule has 1 aromatic heterocycles. The molecule has 1 aliphatic rings. The molecule has 0 spiro atoms. The summed E-state index contributed by atoms with van der Waals surface area (Å²) in [6, 6.07) is 2.04. The van der Waals surface area contributed by atoms with Crippen molar-refractivity contribution in [3.05, 3.63) is 23.6 Å². The van der Waals surface area contributed by atoms with Gasteiger partial charge in [0.25, 0.3) is 0 Å². The fraction of sp³-hybridized carbons (Fsp3) is 0.400. The van der Waals surface area contributed by atoms with E-state index in [9.17, 15) is 9.18 Å². The van der Waals surface area contributed by atoms with E-state index in [4.69, 9.17) is 21.4 Å². The van der Waals surface area contributed by atoms with Gasteiger partial charge in [-0.25, -0.2) is 4.79 Å². The van der Waals surface area contributed by atoms with Crippen molar-refractivity contribution < 1.29 is 19.0 Å². The molecule has 16 heavy (non-hydrogen) atoms. The van der Waals surface area contributed by atoms with Crippen LogP contribution >= 0.6 is 11.6 Å². The average molecular weight is 246 g/mol. The summed E-state index contributed by atoms with van der Waals surface area (Å²) in [6.07, 6.45) is 0.864. The number of pyridine rings is 1. The van der Waals surface area contributed by atoms with Crippen molar-refractivity contribution in [1.29, 1.82) is 0 Å². The minimum Gasteiger partial charge on any atom is -0.478 e. The number of alkyl halides is 1. The predicted molar refractivity (Wildman–Crippen MR) is 54.4 cm³/mol. The van der Waals surface area contributed by atoms with Crippen molar-refractivity contribution in [1.82, 2.24) is 4.98 Å². The Balaban J connectivity index is 2.05. The van der Waals surface area contributed by atoms with E-state index < -0.39 is 11.9 Å². The molecule has 0 bridgehead atoms. The second kappa shape index (κ2) is 4.25. The van der Waals surface area contributed by atoms with Gasteiger partial charge in [-0.2, -0.15) is 9.37 Å². The third kappa shape index (κ3) is 2.61. The van der Waals surface area contributed by atoms with E-state index in [-0.39, 0.29) is 22.7 Å². The number of rotatable bonds is 4. The van der Waals surface area contributed by atoms with Crippen LogP contribution in [0.25, 0.3) is 0 Å². The zero-order valence-electron chi connectivity index (χ0n) is 8.19. The maximum absolute atomic E-state index is 12.9. The summed E-state index contributed by atoms with van der Waals surface area (Å²) in [4.78, 5) is 14.1. The van der Waals surface area contributed by atoms with Gasteiger partial charge in [-0.1, -0.05) is 0 Å². The molecule has 0 saturated heterocycles. The molecule has 1 fully saturated rings. The van der Waals surface area contributed by atoms with Crippen molar-refractivity contribution >= 4 is 17.6 Å². The lowest BCUT2D eigenvalue weighted by atomic mass is 10.3. The Labute approximate surface area is 96.0 Å². The first kappa shape index (κ1) is 11.1. The van der Waals surface area contributed by atoms with Crippen molar-refractivity contribution in [2.24, 2.45) is 5.92 Å². The van der Waals surface area contributed by atoms with Gasteiger partial charge in [0.15, 0.2) is 0 Å². The van der Waals surface area contributed by atoms with Crippen LogP contribution in [0.4, 0.5) is 4.39 Å². The Morgan fingerprint density at radius 2 is 2.38 bits per heavy atom. The molecule has 86 valence electrons. The van der Waals surface area contributed by atoms with Crippen LogP contribution < -0.4 is 4.74 Å². The number of carboxylic acids is 1. The molecule has 2 unspecified atom stereocenters. The van der Waals surface area contributed by atoms with Crippen molar-refractivity contribution in [2.75, 3.05) is 6.61 Å². The molecule has 2 atom stereocenters. The lowest BCUT2D eigenvalue weighted by Crippen LogP contribution is -2.05. The summed E-state index contributed by atoms with van der Waals surface area (Å²) in [5.41, 5.74) is -0.180. The molecular weight excluding hydrogens is 237 g/mol. The molecule has 1 aromatic rings. The number of carboxylic acid groups (broad SMARTS) is 1. The van der Waals surface area contributed by atoms with Gasteiger partial charge in [0.2, 0.25) is 11.8 Å². The standard InChI is InChI=1S/C10H9ClFNO3/c11-7-1-6(7)4-16-9-3-5(10(14)15)2-8(12)13-9/h2-3,6-7H,1,4H2,(H,14,15). The van der Waals surface area contributed by atoms with Crippen LogP contribution in [0.5, 0.6) is 5.88 Å². The smallest absolute Gasteiger partial charge is 0.336 e. The summed E-state index contributed by atoms with van der Waals surface area (Å²) in [7, 11) is 0. The summed E-state index contributed by atoms with van der Waals surface area (Å²) >= 11 is 5.76. The molecule has 1 aliphatic carbocycles. The monoisotopic (exact) mass is 245 g/mol. The minimum atomic E-state index is -1.22. The molecule has 6 heteroatoms. The number of aromatic carboxylic acids is 1. The lowest BCUT2D eigenvalue weighted by molar-refractivity contribution is 0.0695. The van der Waals surface area contributed by atoms with E-state index in [1.54, 1.807) is 0 Å². The number of hydrogen-bond donors (Lipinski definition) is 1. The zero-order valence-corrected chi connectivity index (χ0v) is 8.95. The van der Waals surface area contributed by atoms with E-state index in [1.165, 1.54) is 6.07 Å². The van der Waals surface area contributed by atoms with Gasteiger partial charge in [0.05, 0.1) is 12.2 Å². The Kier molecular flexibility index (Phi) is 2.96. The minimum absolute atomic E-state index is 0.0202. The van der Waals surface area contributed by atoms with Crippen LogP contribution in [-0.4, -0.2) is 28.0 Å². The van der Waals surface area contributed by atoms with Gasteiger partial charge >= 0.3 is 5.97 Å². The number of carbonyl (C=O) groups is 1. The molecule has 0 radical (unpaired) electrons. The molecule has 4 nitrogen and oxygen atoms in total. The van der Waals surface area contributed by atoms with E-state index in [2.05, 4.69) is 4.98 Å². The van der Waals surface area contributed by atoms with Gasteiger partial charge in [-0.05, 0) is 6.42 Å². The largest absolute Gasteiger partial charge is 0.478 e. The second-order valence-corrected chi connectivity index (χ2v) is 4.21. The zero-order chi connectivity index (χ0) is 11.7. The van der Waals surface area contributed by atoms with Gasteiger partial charge in [-0.3, -0.25) is 0 Å². The second-order valence-electron chi connectivity index (χ2n) is 3.64. The molecule has 2 rings (SSSR count). The quantitative estimate of drug-likeness (QED) is 0.650. The third-order valence-corrected chi connectivity index (χ3v) is 2.83. The molecule has 0 amide bonds. The van der Waals surface area contributed by atoms with Gasteiger partial charge in [0, 0.05) is 23.4 Å². The molecule has 1 saturated carbocycles. The summed E-state index contributed by atoms with van der Waals surface area (Å²) in [6.45, 7) is 0.337. The van der Waals surface area contributed by atoms with Crippen LogP contribution in [0, 0.1) is 11.9 Å². The van der Waals surface area contributed by atoms with Crippen LogP contribution in [0.15, 0.2) is 12.1 Å². The lowest BCUT2D eigenvalue weighted by Gasteiger charge is -2.04. The number of hydrogen-bond acceptors (Lipinski definition) is 3. The first-order valence-electron chi connectivity index (χ1n) is 4.74. The Bertz CT molecular complexity index is 427. The SMILES string of the molecule is O=C(O)c1cc(F)nc(OCC2CC2Cl)c1. The highest BCUT2D eigenvalue weighted by Crippen LogP contribution is 2.36. The van der Waals surface area contributed by atoms with E-state index in [1.807, 2.05) is 0 Å². The maximum atomic E-state index is 12.9. The summed E-state index contributed by atoms with van der Waals surface area (Å²) in [5, 5.41) is 8.80. The van der Waals surface area contributed by atoms with Crippen LogP contribution in [0.2, 0.25) is 0 Å². The highest BCUT2D eigenvalue weighted by atomic mass is 35.5. The summed E-state index contributed by atoms with van der Waals surface area (Å²) in [5.74, 6) is -1.85. The van der Waals surface area contributed by atoms with Crippen LogP contribution in [-0.2, 0) is 0 Å². The van der Waals surface area contributed by atoms with Gasteiger partial charge in [-0.15, -0.1) is 11.6 Å². The van der Waals surface area contributed by atoms with Crippen molar-refractivity contribution in [2.45, 2.75) is 11.8 Å². The fourth-order valence-corrected chi connectivity index (χ4v) is 1.55. The van der Waals surface area contributed by atoms with Crippen LogP contribution in [0.1, 0.15) is 16.8 Å². The highest BCUT2D eigenvalue weighted by Gasteiger charge is 2.35. The number of ether oxygens (including phenoxy) is 1. The normalized spacial score (nSPS) is 22.9.